The summed E-state index contributed by atoms with van der Waals surface area (Å²) in [5.74, 6) is 0. The summed E-state index contributed by atoms with van der Waals surface area (Å²) < 4.78 is 0. The zero-order valence-electron chi connectivity index (χ0n) is 6.38. The highest BCUT2D eigenvalue weighted by atomic mass is 15.3. The Bertz CT molecular complexity index is 261. The van der Waals surface area contributed by atoms with Gasteiger partial charge in [-0.05, 0) is 12.1 Å². The molecule has 2 rings (SSSR count). The fraction of sp³-hybridized carbons (Fsp3) is 0. The molecule has 62 valence electrons. The van der Waals surface area contributed by atoms with Gasteiger partial charge >= 0.3 is 0 Å². The lowest BCUT2D eigenvalue weighted by atomic mass is 10.4. The van der Waals surface area contributed by atoms with Gasteiger partial charge in [0.1, 0.15) is 0 Å². The number of nitrogens with zero attached hydrogens (tertiary/aromatic N) is 3. The van der Waals surface area contributed by atoms with E-state index in [1.54, 1.807) is 36.9 Å². The highest BCUT2D eigenvalue weighted by Crippen LogP contribution is 1.92. The van der Waals surface area contributed by atoms with Crippen LogP contribution in [0.15, 0.2) is 36.9 Å². The minimum atomic E-state index is 0.711. The fourth-order valence-electron chi connectivity index (χ4n) is 0.543. The first kappa shape index (κ1) is 8.19. The fourth-order valence-corrected chi connectivity index (χ4v) is 0.543. The molecule has 0 aliphatic rings. The molecule has 0 bridgehead atoms. The minimum Gasteiger partial charge on any atom is -0.397 e. The molecule has 2 aromatic heterocycles. The molecule has 3 N–H and O–H groups in total. The SMILES string of the molecule is Nc1cccnc1.c1cn[nH]n1. The zero-order chi connectivity index (χ0) is 8.65. The third-order valence-corrected chi connectivity index (χ3v) is 1.02. The van der Waals surface area contributed by atoms with Crippen LogP contribution >= 0.6 is 0 Å². The van der Waals surface area contributed by atoms with Crippen LogP contribution in [0.1, 0.15) is 0 Å². The lowest BCUT2D eigenvalue weighted by Gasteiger charge is -1.83. The molecule has 2 heterocycles. The van der Waals surface area contributed by atoms with E-state index in [2.05, 4.69) is 20.4 Å². The van der Waals surface area contributed by atoms with Gasteiger partial charge in [0.05, 0.1) is 18.1 Å². The van der Waals surface area contributed by atoms with Crippen LogP contribution in [0, 0.1) is 0 Å². The number of nitrogen functional groups attached to an aromatic ring is 1. The van der Waals surface area contributed by atoms with E-state index in [0.29, 0.717) is 5.69 Å². The average molecular weight is 163 g/mol. The molecule has 0 spiro atoms. The summed E-state index contributed by atoms with van der Waals surface area (Å²) in [5.41, 5.74) is 6.01. The summed E-state index contributed by atoms with van der Waals surface area (Å²) in [6, 6.07) is 3.60. The summed E-state index contributed by atoms with van der Waals surface area (Å²) in [4.78, 5) is 3.76. The maximum absolute atomic E-state index is 5.30. The summed E-state index contributed by atoms with van der Waals surface area (Å²) in [6.45, 7) is 0. The van der Waals surface area contributed by atoms with E-state index < -0.39 is 0 Å². The molecule has 0 aliphatic carbocycles. The predicted octanol–water partition coefficient (Wildman–Crippen LogP) is 0.468. The van der Waals surface area contributed by atoms with Gasteiger partial charge in [0.2, 0.25) is 0 Å². The topological polar surface area (TPSA) is 80.5 Å². The van der Waals surface area contributed by atoms with Crippen molar-refractivity contribution in [3.05, 3.63) is 36.9 Å². The van der Waals surface area contributed by atoms with Gasteiger partial charge < -0.3 is 5.73 Å². The van der Waals surface area contributed by atoms with Crippen LogP contribution in [0.5, 0.6) is 0 Å². The number of pyridine rings is 1. The van der Waals surface area contributed by atoms with Crippen LogP contribution in [0.25, 0.3) is 0 Å². The first-order valence-corrected chi connectivity index (χ1v) is 3.35. The standard InChI is InChI=1S/C5H6N2.C2H3N3/c6-5-2-1-3-7-4-5;1-2-4-5-3-1/h1-4H,6H2;1-2H,(H,3,4,5). The molecule has 0 unspecified atom stereocenters. The second kappa shape index (κ2) is 4.84. The molecule has 0 fully saturated rings. The molecular formula is C7H9N5. The molecule has 0 aliphatic heterocycles. The smallest absolute Gasteiger partial charge is 0.0690 e. The molecule has 0 atom stereocenters. The third kappa shape index (κ3) is 3.31. The van der Waals surface area contributed by atoms with Crippen LogP contribution in [0.4, 0.5) is 5.69 Å². The second-order valence-corrected chi connectivity index (χ2v) is 1.94. The summed E-state index contributed by atoms with van der Waals surface area (Å²) >= 11 is 0. The number of hydrogen-bond donors (Lipinski definition) is 2. The van der Waals surface area contributed by atoms with Crippen molar-refractivity contribution in [3.63, 3.8) is 0 Å². The molecule has 0 aromatic carbocycles. The van der Waals surface area contributed by atoms with Gasteiger partial charge in [-0.2, -0.15) is 15.4 Å². The van der Waals surface area contributed by atoms with Crippen LogP contribution in [-0.4, -0.2) is 20.4 Å². The van der Waals surface area contributed by atoms with E-state index in [-0.39, 0.29) is 0 Å². The Morgan fingerprint density at radius 1 is 1.17 bits per heavy atom. The van der Waals surface area contributed by atoms with Crippen molar-refractivity contribution >= 4 is 5.69 Å². The molecule has 0 saturated heterocycles. The summed E-state index contributed by atoms with van der Waals surface area (Å²) in [7, 11) is 0. The zero-order valence-corrected chi connectivity index (χ0v) is 6.38. The summed E-state index contributed by atoms with van der Waals surface area (Å²) in [6.07, 6.45) is 6.47. The van der Waals surface area contributed by atoms with Crippen LogP contribution < -0.4 is 5.73 Å². The number of nitrogens with two attached hydrogens (primary N) is 1. The lowest BCUT2D eigenvalue weighted by molar-refractivity contribution is 0.940. The van der Waals surface area contributed by atoms with Crippen molar-refractivity contribution in [2.24, 2.45) is 0 Å². The highest BCUT2D eigenvalue weighted by molar-refractivity contribution is 5.32. The summed E-state index contributed by atoms with van der Waals surface area (Å²) in [5, 5.41) is 9.33. The van der Waals surface area contributed by atoms with E-state index >= 15 is 0 Å². The number of aromatic nitrogens is 4. The number of anilines is 1. The number of aromatic amines is 1. The van der Waals surface area contributed by atoms with Crippen molar-refractivity contribution in [1.29, 1.82) is 0 Å². The number of rotatable bonds is 0. The number of nitrogens with one attached hydrogen (secondary N) is 1. The van der Waals surface area contributed by atoms with Gasteiger partial charge in [0, 0.05) is 12.4 Å². The van der Waals surface area contributed by atoms with Gasteiger partial charge in [0.15, 0.2) is 0 Å². The number of hydrogen-bond acceptors (Lipinski definition) is 4. The highest BCUT2D eigenvalue weighted by Gasteiger charge is 1.73. The molecule has 12 heavy (non-hydrogen) atoms. The monoisotopic (exact) mass is 163 g/mol. The molecule has 2 aromatic rings. The van der Waals surface area contributed by atoms with E-state index in [0.717, 1.165) is 0 Å². The van der Waals surface area contributed by atoms with Gasteiger partial charge in [-0.15, -0.1) is 0 Å². The Morgan fingerprint density at radius 3 is 2.17 bits per heavy atom. The first-order chi connectivity index (χ1) is 5.89. The molecule has 0 saturated carbocycles. The molecule has 5 heteroatoms. The largest absolute Gasteiger partial charge is 0.397 e. The first-order valence-electron chi connectivity index (χ1n) is 3.35. The Labute approximate surface area is 69.6 Å². The Morgan fingerprint density at radius 2 is 1.92 bits per heavy atom. The van der Waals surface area contributed by atoms with Crippen LogP contribution in [0.3, 0.4) is 0 Å². The van der Waals surface area contributed by atoms with Crippen molar-refractivity contribution in [2.45, 2.75) is 0 Å². The van der Waals surface area contributed by atoms with Gasteiger partial charge in [-0.25, -0.2) is 0 Å². The van der Waals surface area contributed by atoms with Crippen LogP contribution in [-0.2, 0) is 0 Å². The molecular weight excluding hydrogens is 154 g/mol. The maximum atomic E-state index is 5.30. The van der Waals surface area contributed by atoms with Crippen molar-refractivity contribution in [3.8, 4) is 0 Å². The molecule has 0 amide bonds. The van der Waals surface area contributed by atoms with Crippen molar-refractivity contribution in [2.75, 3.05) is 5.73 Å². The lowest BCUT2D eigenvalue weighted by Crippen LogP contribution is -1.82. The molecule has 5 nitrogen and oxygen atoms in total. The Hall–Kier alpha value is -1.91. The van der Waals surface area contributed by atoms with E-state index in [1.807, 2.05) is 0 Å². The van der Waals surface area contributed by atoms with Crippen molar-refractivity contribution < 1.29 is 0 Å². The van der Waals surface area contributed by atoms with Crippen LogP contribution in [0.2, 0.25) is 0 Å². The van der Waals surface area contributed by atoms with E-state index in [1.165, 1.54) is 0 Å². The van der Waals surface area contributed by atoms with Gasteiger partial charge in [-0.3, -0.25) is 4.98 Å². The quantitative estimate of drug-likeness (QED) is 0.591. The normalized spacial score (nSPS) is 8.33. The predicted molar refractivity (Wildman–Crippen MR) is 45.0 cm³/mol. The Balaban J connectivity index is 0.000000127. The van der Waals surface area contributed by atoms with Gasteiger partial charge in [0.25, 0.3) is 0 Å². The number of H-pyrrole nitrogens is 1. The maximum Gasteiger partial charge on any atom is 0.0690 e. The van der Waals surface area contributed by atoms with Crippen molar-refractivity contribution in [1.82, 2.24) is 20.4 Å². The van der Waals surface area contributed by atoms with E-state index in [4.69, 9.17) is 5.73 Å². The second-order valence-electron chi connectivity index (χ2n) is 1.94. The Kier molecular flexibility index (Phi) is 3.30. The average Bonchev–Trinajstić information content (AvgIpc) is 2.62. The van der Waals surface area contributed by atoms with E-state index in [9.17, 15) is 0 Å². The molecule has 0 radical (unpaired) electrons. The van der Waals surface area contributed by atoms with Gasteiger partial charge in [-0.1, -0.05) is 0 Å². The third-order valence-electron chi connectivity index (χ3n) is 1.02. The minimum absolute atomic E-state index is 0.711.